The van der Waals surface area contributed by atoms with Gasteiger partial charge in [0.2, 0.25) is 0 Å². The number of rotatable bonds is 4. The molecule has 1 heterocycles. The van der Waals surface area contributed by atoms with E-state index in [9.17, 15) is 14.9 Å². The predicted octanol–water partition coefficient (Wildman–Crippen LogP) is 5.19. The van der Waals surface area contributed by atoms with Crippen molar-refractivity contribution in [1.82, 2.24) is 0 Å². The summed E-state index contributed by atoms with van der Waals surface area (Å²) in [5.74, 6) is -0.155. The van der Waals surface area contributed by atoms with Gasteiger partial charge in [0, 0.05) is 35.1 Å². The van der Waals surface area contributed by atoms with Crippen molar-refractivity contribution in [3.63, 3.8) is 0 Å². The van der Waals surface area contributed by atoms with Gasteiger partial charge in [-0.05, 0) is 49.2 Å². The molecule has 0 aromatic heterocycles. The van der Waals surface area contributed by atoms with Crippen molar-refractivity contribution in [2.75, 3.05) is 10.2 Å². The minimum atomic E-state index is -0.465. The number of hydrogen-bond acceptors (Lipinski definition) is 4. The highest BCUT2D eigenvalue weighted by Crippen LogP contribution is 2.39. The van der Waals surface area contributed by atoms with E-state index in [0.29, 0.717) is 5.56 Å². The Balaban J connectivity index is 1.66. The second-order valence-corrected chi connectivity index (χ2v) is 7.19. The zero-order valence-electron chi connectivity index (χ0n) is 16.0. The molecule has 0 spiro atoms. The van der Waals surface area contributed by atoms with Crippen molar-refractivity contribution in [3.8, 4) is 0 Å². The van der Waals surface area contributed by atoms with E-state index in [-0.39, 0.29) is 23.7 Å². The summed E-state index contributed by atoms with van der Waals surface area (Å²) in [6.07, 6.45) is 0.755. The molecule has 0 saturated heterocycles. The molecule has 0 bridgehead atoms. The van der Waals surface area contributed by atoms with Crippen LogP contribution in [0.15, 0.2) is 78.9 Å². The number of hydrogen-bond donors (Lipinski definition) is 1. The minimum Gasteiger partial charge on any atom is -0.378 e. The third-order valence-corrected chi connectivity index (χ3v) is 5.25. The molecule has 0 radical (unpaired) electrons. The van der Waals surface area contributed by atoms with Crippen LogP contribution in [0.5, 0.6) is 0 Å². The number of benzene rings is 3. The highest BCUT2D eigenvalue weighted by Gasteiger charge is 2.34. The number of fused-ring (bicyclic) bond motifs is 1. The lowest BCUT2D eigenvalue weighted by Gasteiger charge is -2.40. The summed E-state index contributed by atoms with van der Waals surface area (Å²) < 4.78 is 0. The van der Waals surface area contributed by atoms with E-state index in [1.807, 2.05) is 61.5 Å². The summed E-state index contributed by atoms with van der Waals surface area (Å²) in [5, 5.41) is 14.5. The average molecular weight is 387 g/mol. The molecular formula is C23H21N3O3. The molecule has 0 fully saturated rings. The van der Waals surface area contributed by atoms with E-state index >= 15 is 0 Å². The van der Waals surface area contributed by atoms with E-state index in [1.54, 1.807) is 4.90 Å². The maximum Gasteiger partial charge on any atom is 0.269 e. The number of nitro benzene ring substituents is 1. The molecule has 3 aromatic carbocycles. The van der Waals surface area contributed by atoms with Crippen LogP contribution >= 0.6 is 0 Å². The fourth-order valence-corrected chi connectivity index (χ4v) is 3.86. The van der Waals surface area contributed by atoms with E-state index < -0.39 is 4.92 Å². The molecule has 0 saturated carbocycles. The number of nitrogens with zero attached hydrogens (tertiary/aromatic N) is 2. The molecule has 1 N–H and O–H groups in total. The summed E-state index contributed by atoms with van der Waals surface area (Å²) in [6.45, 7) is 2.03. The first-order valence-electron chi connectivity index (χ1n) is 9.53. The number of para-hydroxylation sites is 2. The van der Waals surface area contributed by atoms with Crippen molar-refractivity contribution in [1.29, 1.82) is 0 Å². The molecule has 6 heteroatoms. The highest BCUT2D eigenvalue weighted by molar-refractivity contribution is 6.07. The van der Waals surface area contributed by atoms with Gasteiger partial charge in [-0.1, -0.05) is 36.4 Å². The summed E-state index contributed by atoms with van der Waals surface area (Å²) in [5.41, 5.74) is 3.37. The molecule has 6 nitrogen and oxygen atoms in total. The standard InChI is InChI=1S/C23H21N3O3/c1-16-15-21(24-18-7-3-2-4-8-18)20-9-5-6-10-22(20)25(16)23(27)17-11-13-19(14-12-17)26(28)29/h2-14,16,21,24H,15H2,1H3/t16?,21-/m1/s1. The first-order chi connectivity index (χ1) is 14.0. The summed E-state index contributed by atoms with van der Waals surface area (Å²) >= 11 is 0. The van der Waals surface area contributed by atoms with Gasteiger partial charge in [0.1, 0.15) is 0 Å². The SMILES string of the molecule is CC1C[C@@H](Nc2ccccc2)c2ccccc2N1C(=O)c1ccc([N+](=O)[O-])cc1. The molecule has 1 aliphatic heterocycles. The van der Waals surface area contributed by atoms with E-state index in [4.69, 9.17) is 0 Å². The second kappa shape index (κ2) is 7.75. The van der Waals surface area contributed by atoms with Crippen LogP contribution in [-0.2, 0) is 0 Å². The van der Waals surface area contributed by atoms with Gasteiger partial charge in [-0.25, -0.2) is 0 Å². The third-order valence-electron chi connectivity index (χ3n) is 5.25. The van der Waals surface area contributed by atoms with Crippen LogP contribution in [0.25, 0.3) is 0 Å². The van der Waals surface area contributed by atoms with Crippen LogP contribution < -0.4 is 10.2 Å². The Bertz CT molecular complexity index is 1030. The monoisotopic (exact) mass is 387 g/mol. The van der Waals surface area contributed by atoms with Crippen molar-refractivity contribution in [2.24, 2.45) is 0 Å². The van der Waals surface area contributed by atoms with Crippen molar-refractivity contribution < 1.29 is 9.72 Å². The topological polar surface area (TPSA) is 75.5 Å². The molecule has 1 amide bonds. The van der Waals surface area contributed by atoms with Crippen molar-refractivity contribution >= 4 is 23.0 Å². The van der Waals surface area contributed by atoms with Gasteiger partial charge >= 0.3 is 0 Å². The van der Waals surface area contributed by atoms with Gasteiger partial charge in [0.05, 0.1) is 11.0 Å². The lowest BCUT2D eigenvalue weighted by molar-refractivity contribution is -0.384. The fraction of sp³-hybridized carbons (Fsp3) is 0.174. The van der Waals surface area contributed by atoms with Crippen molar-refractivity contribution in [2.45, 2.75) is 25.4 Å². The second-order valence-electron chi connectivity index (χ2n) is 7.19. The van der Waals surface area contributed by atoms with Gasteiger partial charge in [-0.15, -0.1) is 0 Å². The smallest absolute Gasteiger partial charge is 0.269 e. The quantitative estimate of drug-likeness (QED) is 0.494. The molecular weight excluding hydrogens is 366 g/mol. The maximum atomic E-state index is 13.3. The first-order valence-corrected chi connectivity index (χ1v) is 9.53. The molecule has 29 heavy (non-hydrogen) atoms. The summed E-state index contributed by atoms with van der Waals surface area (Å²) in [4.78, 5) is 25.5. The number of carbonyl (C=O) groups is 1. The van der Waals surface area contributed by atoms with Crippen LogP contribution in [0.2, 0.25) is 0 Å². The highest BCUT2D eigenvalue weighted by atomic mass is 16.6. The van der Waals surface area contributed by atoms with E-state index in [2.05, 4.69) is 5.32 Å². The number of nitrogens with one attached hydrogen (secondary N) is 1. The van der Waals surface area contributed by atoms with E-state index in [0.717, 1.165) is 23.4 Å². The van der Waals surface area contributed by atoms with Crippen molar-refractivity contribution in [3.05, 3.63) is 100 Å². The normalized spacial score (nSPS) is 18.0. The predicted molar refractivity (Wildman–Crippen MR) is 113 cm³/mol. The van der Waals surface area contributed by atoms with Crippen LogP contribution in [0, 0.1) is 10.1 Å². The Kier molecular flexibility index (Phi) is 4.99. The Labute approximate surface area is 168 Å². The average Bonchev–Trinajstić information content (AvgIpc) is 2.74. The van der Waals surface area contributed by atoms with Gasteiger partial charge in [0.15, 0.2) is 0 Å². The molecule has 0 aliphatic carbocycles. The molecule has 1 unspecified atom stereocenters. The Morgan fingerprint density at radius 2 is 1.66 bits per heavy atom. The van der Waals surface area contributed by atoms with Gasteiger partial charge < -0.3 is 10.2 Å². The van der Waals surface area contributed by atoms with Crippen LogP contribution in [0.3, 0.4) is 0 Å². The molecule has 3 aromatic rings. The Hall–Kier alpha value is -3.67. The third kappa shape index (κ3) is 3.69. The zero-order valence-corrected chi connectivity index (χ0v) is 16.0. The number of non-ortho nitro benzene ring substituents is 1. The Morgan fingerprint density at radius 3 is 2.34 bits per heavy atom. The summed E-state index contributed by atoms with van der Waals surface area (Å²) in [7, 11) is 0. The first kappa shape index (κ1) is 18.7. The number of anilines is 2. The van der Waals surface area contributed by atoms with Crippen LogP contribution in [-0.4, -0.2) is 16.9 Å². The lowest BCUT2D eigenvalue weighted by Crippen LogP contribution is -2.44. The van der Waals surface area contributed by atoms with Gasteiger partial charge in [-0.2, -0.15) is 0 Å². The number of carbonyl (C=O) groups excluding carboxylic acids is 1. The van der Waals surface area contributed by atoms with Crippen LogP contribution in [0.4, 0.5) is 17.1 Å². The molecule has 146 valence electrons. The van der Waals surface area contributed by atoms with Gasteiger partial charge in [0.25, 0.3) is 11.6 Å². The molecule has 1 aliphatic rings. The number of nitro groups is 1. The maximum absolute atomic E-state index is 13.3. The minimum absolute atomic E-state index is 0.0271. The van der Waals surface area contributed by atoms with Gasteiger partial charge in [-0.3, -0.25) is 14.9 Å². The van der Waals surface area contributed by atoms with E-state index in [1.165, 1.54) is 24.3 Å². The molecule has 2 atom stereocenters. The fourth-order valence-electron chi connectivity index (χ4n) is 3.86. The van der Waals surface area contributed by atoms with Crippen LogP contribution in [0.1, 0.15) is 35.3 Å². The molecule has 4 rings (SSSR count). The summed E-state index contributed by atoms with van der Waals surface area (Å²) in [6, 6.07) is 23.7. The largest absolute Gasteiger partial charge is 0.378 e. The zero-order chi connectivity index (χ0) is 20.4. The lowest BCUT2D eigenvalue weighted by atomic mass is 9.90. The Morgan fingerprint density at radius 1 is 1.00 bits per heavy atom. The number of amides is 1.